The van der Waals surface area contributed by atoms with Gasteiger partial charge < -0.3 is 14.5 Å². The lowest BCUT2D eigenvalue weighted by Crippen LogP contribution is -2.46. The minimum Gasteiger partial charge on any atom is -0.383 e. The Balaban J connectivity index is 1.75. The number of carbonyl (C=O) groups excluding carboxylic acids is 2. The van der Waals surface area contributed by atoms with Gasteiger partial charge in [-0.3, -0.25) is 9.59 Å². The molecule has 30 heavy (non-hydrogen) atoms. The van der Waals surface area contributed by atoms with Crippen LogP contribution in [0.4, 0.5) is 4.39 Å². The van der Waals surface area contributed by atoms with Gasteiger partial charge in [0.15, 0.2) is 0 Å². The summed E-state index contributed by atoms with van der Waals surface area (Å²) in [5.74, 6) is -0.348. The van der Waals surface area contributed by atoms with Gasteiger partial charge >= 0.3 is 0 Å². The fourth-order valence-electron chi connectivity index (χ4n) is 3.43. The van der Waals surface area contributed by atoms with Crippen molar-refractivity contribution in [1.82, 2.24) is 9.80 Å². The number of aryl methyl sites for hydroxylation is 1. The van der Waals surface area contributed by atoms with Crippen molar-refractivity contribution in [2.24, 2.45) is 5.92 Å². The third-order valence-electron chi connectivity index (χ3n) is 5.60. The lowest BCUT2D eigenvalue weighted by molar-refractivity contribution is -0.145. The summed E-state index contributed by atoms with van der Waals surface area (Å²) in [6.07, 6.45) is 2.85. The first-order chi connectivity index (χ1) is 14.5. The number of ether oxygens (including phenoxy) is 1. The summed E-state index contributed by atoms with van der Waals surface area (Å²) in [6.45, 7) is 3.69. The average Bonchev–Trinajstić information content (AvgIpc) is 3.09. The monoisotopic (exact) mass is 432 g/mol. The molecule has 1 heterocycles. The van der Waals surface area contributed by atoms with E-state index in [1.165, 1.54) is 12.1 Å². The third-order valence-corrected chi connectivity index (χ3v) is 6.61. The van der Waals surface area contributed by atoms with E-state index in [9.17, 15) is 14.0 Å². The summed E-state index contributed by atoms with van der Waals surface area (Å²) >= 11 is 1.61. The van der Waals surface area contributed by atoms with Crippen molar-refractivity contribution in [3.8, 4) is 0 Å². The second kappa shape index (κ2) is 10.7. The molecule has 0 aliphatic heterocycles. The minimum absolute atomic E-state index is 0.0275. The van der Waals surface area contributed by atoms with Crippen molar-refractivity contribution in [3.05, 3.63) is 57.5 Å². The molecular formula is C23H29FN2O3S. The Bertz CT molecular complexity index is 848. The molecule has 162 valence electrons. The lowest BCUT2D eigenvalue weighted by atomic mass is 9.84. The van der Waals surface area contributed by atoms with Crippen LogP contribution in [-0.4, -0.2) is 48.4 Å². The van der Waals surface area contributed by atoms with Crippen LogP contribution in [0.15, 0.2) is 35.7 Å². The highest BCUT2D eigenvalue weighted by Gasteiger charge is 2.31. The van der Waals surface area contributed by atoms with Gasteiger partial charge in [-0.05, 0) is 54.5 Å². The maximum atomic E-state index is 13.3. The third kappa shape index (κ3) is 5.89. The maximum Gasteiger partial charge on any atom is 0.242 e. The van der Waals surface area contributed by atoms with Gasteiger partial charge in [-0.2, -0.15) is 0 Å². The summed E-state index contributed by atoms with van der Waals surface area (Å²) in [7, 11) is 1.59. The summed E-state index contributed by atoms with van der Waals surface area (Å²) in [6, 6.07) is 8.22. The van der Waals surface area contributed by atoms with E-state index in [0.717, 1.165) is 35.3 Å². The number of benzene rings is 1. The van der Waals surface area contributed by atoms with E-state index in [2.05, 4.69) is 0 Å². The number of hydrogen-bond acceptors (Lipinski definition) is 4. The maximum absolute atomic E-state index is 13.3. The van der Waals surface area contributed by atoms with Crippen LogP contribution in [0.1, 0.15) is 35.3 Å². The van der Waals surface area contributed by atoms with Crippen LogP contribution in [0.3, 0.4) is 0 Å². The molecule has 0 atom stereocenters. The van der Waals surface area contributed by atoms with Crippen molar-refractivity contribution < 1.29 is 18.7 Å². The van der Waals surface area contributed by atoms with Crippen molar-refractivity contribution in [2.45, 2.75) is 39.3 Å². The van der Waals surface area contributed by atoms with Gasteiger partial charge in [-0.25, -0.2) is 4.39 Å². The van der Waals surface area contributed by atoms with Gasteiger partial charge in [-0.15, -0.1) is 11.3 Å². The molecule has 2 amide bonds. The number of carbonyl (C=O) groups is 2. The van der Waals surface area contributed by atoms with Crippen LogP contribution in [0.5, 0.6) is 0 Å². The normalized spacial score (nSPS) is 13.7. The molecule has 5 nitrogen and oxygen atoms in total. The molecule has 0 spiro atoms. The summed E-state index contributed by atoms with van der Waals surface area (Å²) < 4.78 is 18.5. The topological polar surface area (TPSA) is 49.9 Å². The number of halogens is 1. The Labute approximate surface area is 181 Å². The first-order valence-corrected chi connectivity index (χ1v) is 11.2. The minimum atomic E-state index is -0.303. The highest BCUT2D eigenvalue weighted by molar-refractivity contribution is 7.10. The zero-order chi connectivity index (χ0) is 21.5. The molecule has 1 aromatic heterocycles. The van der Waals surface area contributed by atoms with Gasteiger partial charge in [0, 0.05) is 31.0 Å². The number of nitrogens with zero attached hydrogens (tertiary/aromatic N) is 2. The van der Waals surface area contributed by atoms with Crippen LogP contribution in [0, 0.1) is 18.7 Å². The second-order valence-electron chi connectivity index (χ2n) is 7.78. The van der Waals surface area contributed by atoms with E-state index in [1.807, 2.05) is 18.4 Å². The van der Waals surface area contributed by atoms with E-state index < -0.39 is 0 Å². The predicted octanol–water partition coefficient (Wildman–Crippen LogP) is 4.00. The molecule has 1 aliphatic rings. The summed E-state index contributed by atoms with van der Waals surface area (Å²) in [5.41, 5.74) is 1.99. The van der Waals surface area contributed by atoms with Crippen LogP contribution >= 0.6 is 11.3 Å². The Hall–Kier alpha value is -2.25. The highest BCUT2D eigenvalue weighted by Crippen LogP contribution is 2.28. The Morgan fingerprint density at radius 1 is 1.13 bits per heavy atom. The molecule has 3 rings (SSSR count). The molecule has 2 aromatic rings. The van der Waals surface area contributed by atoms with Crippen molar-refractivity contribution in [3.63, 3.8) is 0 Å². The van der Waals surface area contributed by atoms with Gasteiger partial charge in [-0.1, -0.05) is 18.6 Å². The SMILES string of the molecule is COCCN(CC(=O)N(Cc1ccc(F)cc1)Cc1sccc1C)C(=O)C1CCC1. The van der Waals surface area contributed by atoms with E-state index in [-0.39, 0.29) is 30.1 Å². The fourth-order valence-corrected chi connectivity index (χ4v) is 4.35. The number of thiophene rings is 1. The molecule has 0 radical (unpaired) electrons. The number of rotatable bonds is 10. The average molecular weight is 433 g/mol. The number of hydrogen-bond donors (Lipinski definition) is 0. The van der Waals surface area contributed by atoms with Gasteiger partial charge in [0.25, 0.3) is 0 Å². The summed E-state index contributed by atoms with van der Waals surface area (Å²) in [4.78, 5) is 30.6. The molecule has 0 unspecified atom stereocenters. The van der Waals surface area contributed by atoms with Gasteiger partial charge in [0.1, 0.15) is 5.82 Å². The molecule has 7 heteroatoms. The molecular weight excluding hydrogens is 403 g/mol. The molecule has 1 saturated carbocycles. The summed E-state index contributed by atoms with van der Waals surface area (Å²) in [5, 5.41) is 2.01. The first kappa shape index (κ1) is 22.4. The molecule has 0 N–H and O–H groups in total. The van der Waals surface area contributed by atoms with Crippen LogP contribution in [0.2, 0.25) is 0 Å². The van der Waals surface area contributed by atoms with Crippen LogP contribution in [0.25, 0.3) is 0 Å². The number of amides is 2. The van der Waals surface area contributed by atoms with Crippen LogP contribution < -0.4 is 0 Å². The Kier molecular flexibility index (Phi) is 7.99. The smallest absolute Gasteiger partial charge is 0.242 e. The second-order valence-corrected chi connectivity index (χ2v) is 8.78. The van der Waals surface area contributed by atoms with E-state index in [4.69, 9.17) is 4.74 Å². The molecule has 0 saturated heterocycles. The van der Waals surface area contributed by atoms with E-state index >= 15 is 0 Å². The lowest BCUT2D eigenvalue weighted by Gasteiger charge is -2.33. The quantitative estimate of drug-likeness (QED) is 0.570. The fraction of sp³-hybridized carbons (Fsp3) is 0.478. The van der Waals surface area contributed by atoms with Crippen molar-refractivity contribution in [2.75, 3.05) is 26.8 Å². The predicted molar refractivity (Wildman–Crippen MR) is 116 cm³/mol. The van der Waals surface area contributed by atoms with Gasteiger partial charge in [0.2, 0.25) is 11.8 Å². The zero-order valence-electron chi connectivity index (χ0n) is 17.6. The van der Waals surface area contributed by atoms with Crippen LogP contribution in [-0.2, 0) is 27.4 Å². The largest absolute Gasteiger partial charge is 0.383 e. The van der Waals surface area contributed by atoms with Crippen molar-refractivity contribution >= 4 is 23.2 Å². The first-order valence-electron chi connectivity index (χ1n) is 10.3. The molecule has 1 aliphatic carbocycles. The Morgan fingerprint density at radius 3 is 2.43 bits per heavy atom. The molecule has 0 bridgehead atoms. The van der Waals surface area contributed by atoms with E-state index in [1.54, 1.807) is 40.4 Å². The Morgan fingerprint density at radius 2 is 1.87 bits per heavy atom. The van der Waals surface area contributed by atoms with Gasteiger partial charge in [0.05, 0.1) is 19.7 Å². The number of methoxy groups -OCH3 is 1. The molecule has 1 aromatic carbocycles. The molecule has 1 fully saturated rings. The van der Waals surface area contributed by atoms with Crippen molar-refractivity contribution in [1.29, 1.82) is 0 Å². The van der Waals surface area contributed by atoms with E-state index in [0.29, 0.717) is 26.2 Å². The standard InChI is InChI=1S/C23H29FN2O3S/c1-17-10-13-30-21(17)15-26(14-18-6-8-20(24)9-7-18)22(27)16-25(11-12-29-2)23(28)19-4-3-5-19/h6-10,13,19H,3-5,11-12,14-16H2,1-2H3. The zero-order valence-corrected chi connectivity index (χ0v) is 18.4. The highest BCUT2D eigenvalue weighted by atomic mass is 32.1.